The lowest BCUT2D eigenvalue weighted by Crippen LogP contribution is -2.55. The molecule has 2 unspecified atom stereocenters. The van der Waals surface area contributed by atoms with Crippen molar-refractivity contribution in [1.29, 1.82) is 0 Å². The maximum atomic E-state index is 12.3. The third-order valence-corrected chi connectivity index (χ3v) is 5.04. The summed E-state index contributed by atoms with van der Waals surface area (Å²) in [4.78, 5) is 14.0. The van der Waals surface area contributed by atoms with E-state index in [0.29, 0.717) is 25.8 Å². The Labute approximate surface area is 148 Å². The fourth-order valence-corrected chi connectivity index (χ4v) is 3.15. The number of hydrogen-bond acceptors (Lipinski definition) is 3. The second-order valence-electron chi connectivity index (χ2n) is 7.03. The van der Waals surface area contributed by atoms with Gasteiger partial charge in [0.25, 0.3) is 0 Å². The molecule has 0 aliphatic carbocycles. The normalized spacial score (nSPS) is 23.5. The van der Waals surface area contributed by atoms with Crippen molar-refractivity contribution < 1.29 is 15.0 Å². The number of likely N-dealkylation sites (tertiary alicyclic amines) is 1. The van der Waals surface area contributed by atoms with Gasteiger partial charge in [-0.3, -0.25) is 4.79 Å². The van der Waals surface area contributed by atoms with Crippen LogP contribution in [0.3, 0.4) is 0 Å². The summed E-state index contributed by atoms with van der Waals surface area (Å²) in [5, 5.41) is 19.9. The summed E-state index contributed by atoms with van der Waals surface area (Å²) in [5.74, 6) is 0.0293. The Bertz CT molecular complexity index is 710. The minimum Gasteiger partial charge on any atom is -0.388 e. The first-order valence-electron chi connectivity index (χ1n) is 8.78. The summed E-state index contributed by atoms with van der Waals surface area (Å²) < 4.78 is 0. The molecule has 2 aromatic rings. The van der Waals surface area contributed by atoms with Crippen LogP contribution in [0.15, 0.2) is 54.6 Å². The largest absolute Gasteiger partial charge is 0.388 e. The zero-order valence-electron chi connectivity index (χ0n) is 14.6. The van der Waals surface area contributed by atoms with Crippen LogP contribution in [0, 0.1) is 0 Å². The lowest BCUT2D eigenvalue weighted by atomic mass is 9.90. The molecule has 1 saturated heterocycles. The third kappa shape index (κ3) is 4.27. The van der Waals surface area contributed by atoms with Crippen molar-refractivity contribution in [3.63, 3.8) is 0 Å². The number of amides is 1. The third-order valence-electron chi connectivity index (χ3n) is 5.04. The molecule has 1 fully saturated rings. The van der Waals surface area contributed by atoms with E-state index >= 15 is 0 Å². The Morgan fingerprint density at radius 2 is 1.76 bits per heavy atom. The molecule has 25 heavy (non-hydrogen) atoms. The molecule has 132 valence electrons. The van der Waals surface area contributed by atoms with Gasteiger partial charge in [-0.15, -0.1) is 0 Å². The summed E-state index contributed by atoms with van der Waals surface area (Å²) in [6.07, 6.45) is 0.623. The fourth-order valence-electron chi connectivity index (χ4n) is 3.15. The van der Waals surface area contributed by atoms with Crippen molar-refractivity contribution >= 4 is 5.91 Å². The molecule has 1 heterocycles. The Kier molecular flexibility index (Phi) is 5.21. The highest BCUT2D eigenvalue weighted by Gasteiger charge is 2.37. The number of hydrogen-bond donors (Lipinski definition) is 2. The van der Waals surface area contributed by atoms with Crippen molar-refractivity contribution in [1.82, 2.24) is 4.90 Å². The van der Waals surface area contributed by atoms with Crippen LogP contribution in [0.2, 0.25) is 0 Å². The van der Waals surface area contributed by atoms with Gasteiger partial charge in [-0.05, 0) is 36.5 Å². The smallest absolute Gasteiger partial charge is 0.222 e. The lowest BCUT2D eigenvalue weighted by molar-refractivity contribution is -0.146. The number of nitrogens with zero attached hydrogens (tertiary/aromatic N) is 1. The minimum atomic E-state index is -1.09. The number of aliphatic hydroxyl groups is 2. The van der Waals surface area contributed by atoms with Crippen molar-refractivity contribution in [2.45, 2.75) is 37.9 Å². The summed E-state index contributed by atoms with van der Waals surface area (Å²) in [6.45, 7) is 2.32. The highest BCUT2D eigenvalue weighted by molar-refractivity contribution is 5.76. The predicted molar refractivity (Wildman–Crippen MR) is 98.0 cm³/mol. The number of rotatable bonds is 4. The average Bonchev–Trinajstić information content (AvgIpc) is 2.63. The summed E-state index contributed by atoms with van der Waals surface area (Å²) >= 11 is 0. The molecular weight excluding hydrogens is 314 g/mol. The van der Waals surface area contributed by atoms with Crippen LogP contribution in [-0.2, 0) is 11.2 Å². The number of β-amino-alcohol motifs (C(OH)–C–C–N with tert-alkyl or cyclic N) is 1. The molecule has 0 saturated carbocycles. The molecule has 0 spiro atoms. The number of piperidine rings is 1. The first-order valence-corrected chi connectivity index (χ1v) is 8.78. The molecule has 0 radical (unpaired) electrons. The first-order chi connectivity index (χ1) is 12.0. The van der Waals surface area contributed by atoms with Crippen molar-refractivity contribution in [2.75, 3.05) is 13.1 Å². The van der Waals surface area contributed by atoms with Crippen molar-refractivity contribution in [2.24, 2.45) is 0 Å². The summed E-state index contributed by atoms with van der Waals surface area (Å²) in [5.41, 5.74) is 2.37. The van der Waals surface area contributed by atoms with E-state index in [2.05, 4.69) is 36.4 Å². The Morgan fingerprint density at radius 3 is 2.40 bits per heavy atom. The van der Waals surface area contributed by atoms with Gasteiger partial charge in [0.2, 0.25) is 5.91 Å². The molecule has 2 N–H and O–H groups in total. The van der Waals surface area contributed by atoms with Crippen LogP contribution >= 0.6 is 0 Å². The van der Waals surface area contributed by atoms with Gasteiger partial charge in [-0.25, -0.2) is 0 Å². The Balaban J connectivity index is 1.54. The topological polar surface area (TPSA) is 60.8 Å². The zero-order valence-corrected chi connectivity index (χ0v) is 14.6. The molecular formula is C21H25NO3. The van der Waals surface area contributed by atoms with Crippen LogP contribution < -0.4 is 0 Å². The molecule has 2 aromatic carbocycles. The van der Waals surface area contributed by atoms with Gasteiger partial charge in [0.1, 0.15) is 0 Å². The quantitative estimate of drug-likeness (QED) is 0.900. The second-order valence-corrected chi connectivity index (χ2v) is 7.03. The van der Waals surface area contributed by atoms with Gasteiger partial charge >= 0.3 is 0 Å². The fraction of sp³-hybridized carbons (Fsp3) is 0.381. The number of benzene rings is 2. The van der Waals surface area contributed by atoms with Crippen LogP contribution in [0.25, 0.3) is 11.1 Å². The van der Waals surface area contributed by atoms with E-state index in [0.717, 1.165) is 11.1 Å². The molecule has 4 nitrogen and oxygen atoms in total. The first kappa shape index (κ1) is 17.6. The number of aliphatic hydroxyl groups excluding tert-OH is 1. The maximum Gasteiger partial charge on any atom is 0.222 e. The van der Waals surface area contributed by atoms with Crippen LogP contribution in [0.1, 0.15) is 25.3 Å². The van der Waals surface area contributed by atoms with Crippen molar-refractivity contribution in [3.8, 4) is 11.1 Å². The maximum absolute atomic E-state index is 12.3. The Morgan fingerprint density at radius 1 is 1.12 bits per heavy atom. The van der Waals surface area contributed by atoms with E-state index in [1.54, 1.807) is 11.8 Å². The van der Waals surface area contributed by atoms with Crippen LogP contribution in [-0.4, -0.2) is 45.8 Å². The van der Waals surface area contributed by atoms with Gasteiger partial charge in [-0.1, -0.05) is 54.6 Å². The van der Waals surface area contributed by atoms with Gasteiger partial charge in [-0.2, -0.15) is 0 Å². The van der Waals surface area contributed by atoms with Crippen LogP contribution in [0.5, 0.6) is 0 Å². The SMILES string of the molecule is CC1(O)CCN(C(=O)CCc2ccc(-c3ccccc3)cc2)CC1O. The van der Waals surface area contributed by atoms with E-state index in [4.69, 9.17) is 0 Å². The molecule has 1 aliphatic heterocycles. The van der Waals surface area contributed by atoms with E-state index in [-0.39, 0.29) is 12.5 Å². The zero-order chi connectivity index (χ0) is 17.9. The monoisotopic (exact) mass is 339 g/mol. The molecule has 0 aromatic heterocycles. The van der Waals surface area contributed by atoms with Crippen molar-refractivity contribution in [3.05, 3.63) is 60.2 Å². The van der Waals surface area contributed by atoms with Gasteiger partial charge in [0.15, 0.2) is 0 Å². The van der Waals surface area contributed by atoms with Crippen LogP contribution in [0.4, 0.5) is 0 Å². The molecule has 3 rings (SSSR count). The van der Waals surface area contributed by atoms with E-state index < -0.39 is 11.7 Å². The van der Waals surface area contributed by atoms with Gasteiger partial charge in [0.05, 0.1) is 11.7 Å². The molecule has 0 bridgehead atoms. The molecule has 4 heteroatoms. The summed E-state index contributed by atoms with van der Waals surface area (Å²) in [7, 11) is 0. The second kappa shape index (κ2) is 7.38. The highest BCUT2D eigenvalue weighted by atomic mass is 16.3. The lowest BCUT2D eigenvalue weighted by Gasteiger charge is -2.40. The molecule has 1 amide bonds. The molecule has 1 aliphatic rings. The van der Waals surface area contributed by atoms with E-state index in [1.165, 1.54) is 5.56 Å². The van der Waals surface area contributed by atoms with Gasteiger partial charge < -0.3 is 15.1 Å². The number of carbonyl (C=O) groups excluding carboxylic acids is 1. The standard InChI is InChI=1S/C21H25NO3/c1-21(25)13-14-22(15-19(21)23)20(24)12-9-16-7-10-18(11-8-16)17-5-3-2-4-6-17/h2-8,10-11,19,23,25H,9,12-15H2,1H3. The average molecular weight is 339 g/mol. The van der Waals surface area contributed by atoms with Gasteiger partial charge in [0, 0.05) is 19.5 Å². The number of aryl methyl sites for hydroxylation is 1. The van der Waals surface area contributed by atoms with E-state index in [9.17, 15) is 15.0 Å². The minimum absolute atomic E-state index is 0.0293. The Hall–Kier alpha value is -2.17. The number of carbonyl (C=O) groups is 1. The predicted octanol–water partition coefficient (Wildman–Crippen LogP) is 2.63. The highest BCUT2D eigenvalue weighted by Crippen LogP contribution is 2.23. The van der Waals surface area contributed by atoms with E-state index in [1.807, 2.05) is 18.2 Å². The molecule has 2 atom stereocenters. The summed E-state index contributed by atoms with van der Waals surface area (Å²) in [6, 6.07) is 18.5.